The van der Waals surface area contributed by atoms with Crippen molar-refractivity contribution in [3.05, 3.63) is 66.5 Å². The van der Waals surface area contributed by atoms with Crippen LogP contribution in [0.1, 0.15) is 5.56 Å². The zero-order chi connectivity index (χ0) is 20.7. The number of ether oxygens (including phenoxy) is 1. The molecule has 0 fully saturated rings. The van der Waals surface area contributed by atoms with Gasteiger partial charge in [-0.3, -0.25) is 9.78 Å². The third-order valence-corrected chi connectivity index (χ3v) is 4.43. The number of para-hydroxylation sites is 1. The average Bonchev–Trinajstić information content (AvgIpc) is 2.71. The van der Waals surface area contributed by atoms with E-state index in [9.17, 15) is 18.0 Å². The van der Waals surface area contributed by atoms with Crippen molar-refractivity contribution in [3.63, 3.8) is 0 Å². The number of nitrogens with zero attached hydrogens (tertiary/aromatic N) is 3. The molecule has 150 valence electrons. The summed E-state index contributed by atoms with van der Waals surface area (Å²) in [6, 6.07) is 12.8. The number of hydrogen-bond donors (Lipinski definition) is 1. The first kappa shape index (κ1) is 20.6. The lowest BCUT2D eigenvalue weighted by Crippen LogP contribution is -2.26. The number of alkyl halides is 3. The Morgan fingerprint density at radius 2 is 1.79 bits per heavy atom. The van der Waals surface area contributed by atoms with Crippen molar-refractivity contribution in [2.75, 3.05) is 5.75 Å². The molecule has 1 amide bonds. The molecule has 10 heteroatoms. The second-order valence-electron chi connectivity index (χ2n) is 5.66. The Balaban J connectivity index is 1.55. The summed E-state index contributed by atoms with van der Waals surface area (Å²) in [6.45, 7) is -0.0967. The number of rotatable bonds is 7. The first-order valence-corrected chi connectivity index (χ1v) is 9.37. The number of hydrogen-bond acceptors (Lipinski definition) is 6. The van der Waals surface area contributed by atoms with Crippen LogP contribution in [-0.2, 0) is 11.3 Å². The van der Waals surface area contributed by atoms with Crippen molar-refractivity contribution >= 4 is 17.7 Å². The highest BCUT2D eigenvalue weighted by Gasteiger charge is 2.31. The van der Waals surface area contributed by atoms with Gasteiger partial charge in [-0.2, -0.15) is 0 Å². The summed E-state index contributed by atoms with van der Waals surface area (Å²) in [7, 11) is 0. The molecular formula is C19H15F3N4O2S. The van der Waals surface area contributed by atoms with Crippen LogP contribution in [0.15, 0.2) is 66.1 Å². The number of benzene rings is 1. The average molecular weight is 420 g/mol. The maximum Gasteiger partial charge on any atom is 0.573 e. The predicted octanol–water partition coefficient (Wildman–Crippen LogP) is 3.85. The second-order valence-corrected chi connectivity index (χ2v) is 6.60. The minimum absolute atomic E-state index is 0.00790. The molecule has 3 aromatic rings. The summed E-state index contributed by atoms with van der Waals surface area (Å²) >= 11 is 1.11. The molecule has 6 nitrogen and oxygen atoms in total. The Morgan fingerprint density at radius 1 is 1.00 bits per heavy atom. The first-order valence-electron chi connectivity index (χ1n) is 8.38. The third kappa shape index (κ3) is 6.46. The van der Waals surface area contributed by atoms with Crippen LogP contribution in [0.2, 0.25) is 0 Å². The predicted molar refractivity (Wildman–Crippen MR) is 101 cm³/mol. The molecule has 0 saturated carbocycles. The van der Waals surface area contributed by atoms with Gasteiger partial charge in [0, 0.05) is 24.5 Å². The van der Waals surface area contributed by atoms with Gasteiger partial charge in [0.15, 0.2) is 5.16 Å². The SMILES string of the molecule is O=C(CSc1nccc(-c2ccccn2)n1)NCc1ccccc1OC(F)(F)F. The van der Waals surface area contributed by atoms with Gasteiger partial charge < -0.3 is 10.1 Å². The van der Waals surface area contributed by atoms with Crippen LogP contribution < -0.4 is 10.1 Å². The number of pyridine rings is 1. The van der Waals surface area contributed by atoms with Crippen LogP contribution in [0.25, 0.3) is 11.4 Å². The quantitative estimate of drug-likeness (QED) is 0.462. The fourth-order valence-electron chi connectivity index (χ4n) is 2.32. The van der Waals surface area contributed by atoms with E-state index >= 15 is 0 Å². The van der Waals surface area contributed by atoms with Crippen molar-refractivity contribution < 1.29 is 22.7 Å². The van der Waals surface area contributed by atoms with Crippen molar-refractivity contribution in [2.24, 2.45) is 0 Å². The van der Waals surface area contributed by atoms with Gasteiger partial charge in [0.25, 0.3) is 0 Å². The van der Waals surface area contributed by atoms with E-state index < -0.39 is 6.36 Å². The summed E-state index contributed by atoms with van der Waals surface area (Å²) in [4.78, 5) is 24.8. The highest BCUT2D eigenvalue weighted by atomic mass is 32.2. The first-order chi connectivity index (χ1) is 13.9. The number of aromatic nitrogens is 3. The van der Waals surface area contributed by atoms with Gasteiger partial charge in [-0.1, -0.05) is 36.0 Å². The summed E-state index contributed by atoms with van der Waals surface area (Å²) < 4.78 is 41.3. The fraction of sp³-hybridized carbons (Fsp3) is 0.158. The Bertz CT molecular complexity index is 971. The van der Waals surface area contributed by atoms with Crippen LogP contribution in [0.4, 0.5) is 13.2 Å². The Hall–Kier alpha value is -3.14. The van der Waals surface area contributed by atoms with Crippen molar-refractivity contribution in [1.29, 1.82) is 0 Å². The molecule has 0 aliphatic rings. The zero-order valence-corrected chi connectivity index (χ0v) is 15.7. The molecule has 0 atom stereocenters. The van der Waals surface area contributed by atoms with E-state index in [2.05, 4.69) is 25.0 Å². The molecule has 1 N–H and O–H groups in total. The molecule has 0 saturated heterocycles. The number of carbonyl (C=O) groups is 1. The molecule has 0 aliphatic carbocycles. The van der Waals surface area contributed by atoms with E-state index in [1.165, 1.54) is 18.2 Å². The maximum absolute atomic E-state index is 12.5. The maximum atomic E-state index is 12.5. The molecule has 0 unspecified atom stereocenters. The molecule has 3 rings (SSSR count). The van der Waals surface area contributed by atoms with Gasteiger partial charge in [0.2, 0.25) is 5.91 Å². The van der Waals surface area contributed by atoms with Gasteiger partial charge in [-0.05, 0) is 24.3 Å². The summed E-state index contributed by atoms with van der Waals surface area (Å²) in [5.41, 5.74) is 1.53. The minimum atomic E-state index is -4.80. The summed E-state index contributed by atoms with van der Waals surface area (Å²) in [6.07, 6.45) is -1.58. The number of thioether (sulfide) groups is 1. The number of amides is 1. The lowest BCUT2D eigenvalue weighted by Gasteiger charge is -2.13. The van der Waals surface area contributed by atoms with Crippen LogP contribution in [0.3, 0.4) is 0 Å². The van der Waals surface area contributed by atoms with Crippen LogP contribution in [0.5, 0.6) is 5.75 Å². The Morgan fingerprint density at radius 3 is 2.55 bits per heavy atom. The van der Waals surface area contributed by atoms with Crippen LogP contribution in [0, 0.1) is 0 Å². The molecule has 0 radical (unpaired) electrons. The molecule has 29 heavy (non-hydrogen) atoms. The van der Waals surface area contributed by atoms with Gasteiger partial charge in [-0.25, -0.2) is 9.97 Å². The highest BCUT2D eigenvalue weighted by molar-refractivity contribution is 7.99. The Kier molecular flexibility index (Phi) is 6.65. The highest BCUT2D eigenvalue weighted by Crippen LogP contribution is 2.26. The zero-order valence-electron chi connectivity index (χ0n) is 14.9. The van der Waals surface area contributed by atoms with E-state index in [0.29, 0.717) is 16.5 Å². The van der Waals surface area contributed by atoms with Crippen LogP contribution >= 0.6 is 11.8 Å². The number of nitrogens with one attached hydrogen (secondary N) is 1. The topological polar surface area (TPSA) is 77.0 Å². The Labute approximate surface area is 168 Å². The number of carbonyl (C=O) groups excluding carboxylic acids is 1. The minimum Gasteiger partial charge on any atom is -0.405 e. The third-order valence-electron chi connectivity index (χ3n) is 3.57. The van der Waals surface area contributed by atoms with Gasteiger partial charge in [-0.15, -0.1) is 13.2 Å². The fourth-order valence-corrected chi connectivity index (χ4v) is 2.98. The molecule has 2 aromatic heterocycles. The van der Waals surface area contributed by atoms with Gasteiger partial charge in [0.05, 0.1) is 17.1 Å². The van der Waals surface area contributed by atoms with Crippen LogP contribution in [-0.4, -0.2) is 33.0 Å². The van der Waals surface area contributed by atoms with Crippen molar-refractivity contribution in [3.8, 4) is 17.1 Å². The van der Waals surface area contributed by atoms with E-state index in [-0.39, 0.29) is 29.5 Å². The molecule has 1 aromatic carbocycles. The summed E-state index contributed by atoms with van der Waals surface area (Å²) in [5, 5.41) is 2.96. The normalized spacial score (nSPS) is 11.1. The van der Waals surface area contributed by atoms with E-state index in [1.54, 1.807) is 30.6 Å². The van der Waals surface area contributed by atoms with E-state index in [4.69, 9.17) is 0 Å². The van der Waals surface area contributed by atoms with Gasteiger partial charge >= 0.3 is 6.36 Å². The lowest BCUT2D eigenvalue weighted by atomic mass is 10.2. The monoisotopic (exact) mass is 420 g/mol. The van der Waals surface area contributed by atoms with E-state index in [0.717, 1.165) is 11.8 Å². The van der Waals surface area contributed by atoms with Crippen molar-refractivity contribution in [1.82, 2.24) is 20.3 Å². The van der Waals surface area contributed by atoms with Crippen molar-refractivity contribution in [2.45, 2.75) is 18.1 Å². The summed E-state index contributed by atoms with van der Waals surface area (Å²) in [5.74, 6) is -0.712. The molecule has 2 heterocycles. The molecule has 0 aliphatic heterocycles. The molecular weight excluding hydrogens is 405 g/mol. The second kappa shape index (κ2) is 9.37. The largest absolute Gasteiger partial charge is 0.573 e. The molecule has 0 bridgehead atoms. The van der Waals surface area contributed by atoms with Gasteiger partial charge in [0.1, 0.15) is 5.75 Å². The lowest BCUT2D eigenvalue weighted by molar-refractivity contribution is -0.274. The van der Waals surface area contributed by atoms with E-state index in [1.807, 2.05) is 12.1 Å². The standard InChI is InChI=1S/C19H15F3N4O2S/c20-19(21,22)28-16-7-2-1-5-13(16)11-25-17(27)12-29-18-24-10-8-15(26-18)14-6-3-4-9-23-14/h1-10H,11-12H2,(H,25,27). The molecule has 0 spiro atoms. The number of halogens is 3. The smallest absolute Gasteiger partial charge is 0.405 e.